The summed E-state index contributed by atoms with van der Waals surface area (Å²) in [6, 6.07) is 10.4. The zero-order valence-electron chi connectivity index (χ0n) is 8.91. The maximum absolute atomic E-state index is 5.53. The summed E-state index contributed by atoms with van der Waals surface area (Å²) < 4.78 is 5.53. The summed E-state index contributed by atoms with van der Waals surface area (Å²) in [4.78, 5) is 0. The van der Waals surface area contributed by atoms with Crippen LogP contribution in [0.4, 0.5) is 0 Å². The van der Waals surface area contributed by atoms with E-state index in [1.807, 2.05) is 12.1 Å². The van der Waals surface area contributed by atoms with E-state index in [-0.39, 0.29) is 5.41 Å². The molecule has 1 heterocycles. The first-order valence-electron chi connectivity index (χ1n) is 5.22. The predicted octanol–water partition coefficient (Wildman–Crippen LogP) is 3.09. The van der Waals surface area contributed by atoms with Crippen molar-refractivity contribution < 1.29 is 4.74 Å². The van der Waals surface area contributed by atoms with E-state index in [9.17, 15) is 0 Å². The standard InChI is InChI=1S/C14H16O/c1-3-9-14(11-15-10-12(14)2)13-7-5-4-6-8-13/h3-8H,1-2,9-11H2. The SMILES string of the molecule is C=CCC1(c2ccccc2)COCC1=C. The van der Waals surface area contributed by atoms with Crippen LogP contribution in [0.15, 0.2) is 55.1 Å². The van der Waals surface area contributed by atoms with Gasteiger partial charge in [-0.2, -0.15) is 0 Å². The molecule has 1 heteroatoms. The van der Waals surface area contributed by atoms with Crippen LogP contribution >= 0.6 is 0 Å². The van der Waals surface area contributed by atoms with Gasteiger partial charge in [-0.15, -0.1) is 6.58 Å². The minimum atomic E-state index is -0.0387. The molecule has 0 aromatic heterocycles. The number of allylic oxidation sites excluding steroid dienone is 1. The lowest BCUT2D eigenvalue weighted by Gasteiger charge is -2.28. The quantitative estimate of drug-likeness (QED) is 0.681. The highest BCUT2D eigenvalue weighted by Gasteiger charge is 2.38. The van der Waals surface area contributed by atoms with Crippen molar-refractivity contribution in [1.29, 1.82) is 0 Å². The Hall–Kier alpha value is -1.34. The van der Waals surface area contributed by atoms with Crippen molar-refractivity contribution in [2.75, 3.05) is 13.2 Å². The topological polar surface area (TPSA) is 9.23 Å². The molecule has 1 aliphatic rings. The average Bonchev–Trinajstić information content (AvgIpc) is 2.63. The fraction of sp³-hybridized carbons (Fsp3) is 0.286. The first kappa shape index (κ1) is 10.2. The highest BCUT2D eigenvalue weighted by atomic mass is 16.5. The van der Waals surface area contributed by atoms with Gasteiger partial charge in [-0.25, -0.2) is 0 Å². The molecule has 0 saturated carbocycles. The molecule has 78 valence electrons. The Bertz CT molecular complexity index is 366. The average molecular weight is 200 g/mol. The lowest BCUT2D eigenvalue weighted by Crippen LogP contribution is -2.27. The summed E-state index contributed by atoms with van der Waals surface area (Å²) in [6.45, 7) is 9.36. The molecule has 2 rings (SSSR count). The smallest absolute Gasteiger partial charge is 0.0684 e. The van der Waals surface area contributed by atoms with Gasteiger partial charge in [-0.05, 0) is 17.6 Å². The summed E-state index contributed by atoms with van der Waals surface area (Å²) in [5.41, 5.74) is 2.41. The van der Waals surface area contributed by atoms with Gasteiger partial charge in [0.15, 0.2) is 0 Å². The van der Waals surface area contributed by atoms with Crippen molar-refractivity contribution in [2.45, 2.75) is 11.8 Å². The van der Waals surface area contributed by atoms with Crippen LogP contribution in [-0.4, -0.2) is 13.2 Å². The molecule has 15 heavy (non-hydrogen) atoms. The zero-order chi connectivity index (χ0) is 10.7. The zero-order valence-corrected chi connectivity index (χ0v) is 8.91. The van der Waals surface area contributed by atoms with Crippen LogP contribution < -0.4 is 0 Å². The van der Waals surface area contributed by atoms with Gasteiger partial charge in [-0.3, -0.25) is 0 Å². The van der Waals surface area contributed by atoms with Gasteiger partial charge in [0.25, 0.3) is 0 Å². The highest BCUT2D eigenvalue weighted by Crippen LogP contribution is 2.39. The van der Waals surface area contributed by atoms with E-state index in [2.05, 4.69) is 37.4 Å². The second kappa shape index (κ2) is 4.03. The third-order valence-corrected chi connectivity index (χ3v) is 3.12. The molecule has 1 fully saturated rings. The van der Waals surface area contributed by atoms with E-state index >= 15 is 0 Å². The van der Waals surface area contributed by atoms with Crippen molar-refractivity contribution in [3.05, 3.63) is 60.7 Å². The fourth-order valence-corrected chi connectivity index (χ4v) is 2.20. The van der Waals surface area contributed by atoms with Crippen LogP contribution in [0, 0.1) is 0 Å². The molecule has 1 aromatic carbocycles. The molecule has 1 aromatic rings. The minimum Gasteiger partial charge on any atom is -0.376 e. The Kier molecular flexibility index (Phi) is 2.74. The Morgan fingerprint density at radius 3 is 2.60 bits per heavy atom. The molecule has 0 bridgehead atoms. The predicted molar refractivity (Wildman–Crippen MR) is 62.9 cm³/mol. The molecule has 0 N–H and O–H groups in total. The lowest BCUT2D eigenvalue weighted by atomic mass is 9.74. The van der Waals surface area contributed by atoms with Gasteiger partial charge < -0.3 is 4.74 Å². The van der Waals surface area contributed by atoms with E-state index in [0.29, 0.717) is 6.61 Å². The first-order valence-corrected chi connectivity index (χ1v) is 5.22. The van der Waals surface area contributed by atoms with Crippen LogP contribution in [0.25, 0.3) is 0 Å². The summed E-state index contributed by atoms with van der Waals surface area (Å²) in [5, 5.41) is 0. The van der Waals surface area contributed by atoms with E-state index in [1.165, 1.54) is 5.56 Å². The Balaban J connectivity index is 2.43. The molecule has 1 nitrogen and oxygen atoms in total. The lowest BCUT2D eigenvalue weighted by molar-refractivity contribution is 0.178. The van der Waals surface area contributed by atoms with Crippen LogP contribution in [0.1, 0.15) is 12.0 Å². The van der Waals surface area contributed by atoms with Crippen LogP contribution in [0.3, 0.4) is 0 Å². The van der Waals surface area contributed by atoms with Gasteiger partial charge in [0, 0.05) is 5.41 Å². The monoisotopic (exact) mass is 200 g/mol. The highest BCUT2D eigenvalue weighted by molar-refractivity contribution is 5.38. The number of hydrogen-bond donors (Lipinski definition) is 0. The fourth-order valence-electron chi connectivity index (χ4n) is 2.20. The van der Waals surface area contributed by atoms with Crippen LogP contribution in [0.2, 0.25) is 0 Å². The summed E-state index contributed by atoms with van der Waals surface area (Å²) >= 11 is 0. The summed E-state index contributed by atoms with van der Waals surface area (Å²) in [5.74, 6) is 0. The molecule has 0 aliphatic carbocycles. The summed E-state index contributed by atoms with van der Waals surface area (Å²) in [7, 11) is 0. The largest absolute Gasteiger partial charge is 0.376 e. The van der Waals surface area contributed by atoms with E-state index < -0.39 is 0 Å². The maximum Gasteiger partial charge on any atom is 0.0684 e. The van der Waals surface area contributed by atoms with Gasteiger partial charge in [0.1, 0.15) is 0 Å². The minimum absolute atomic E-state index is 0.0387. The van der Waals surface area contributed by atoms with Crippen molar-refractivity contribution in [1.82, 2.24) is 0 Å². The molecule has 0 amide bonds. The third-order valence-electron chi connectivity index (χ3n) is 3.12. The molecular weight excluding hydrogens is 184 g/mol. The Morgan fingerprint density at radius 2 is 2.07 bits per heavy atom. The molecule has 1 atom stereocenters. The van der Waals surface area contributed by atoms with Crippen LogP contribution in [0.5, 0.6) is 0 Å². The summed E-state index contributed by atoms with van der Waals surface area (Å²) in [6.07, 6.45) is 2.85. The van der Waals surface area contributed by atoms with Crippen LogP contribution in [-0.2, 0) is 10.2 Å². The molecule has 1 unspecified atom stereocenters. The molecule has 1 saturated heterocycles. The number of hydrogen-bond acceptors (Lipinski definition) is 1. The molecule has 0 radical (unpaired) electrons. The second-order valence-electron chi connectivity index (χ2n) is 4.04. The number of ether oxygens (including phenoxy) is 1. The van der Waals surface area contributed by atoms with Crippen molar-refractivity contribution in [2.24, 2.45) is 0 Å². The Morgan fingerprint density at radius 1 is 1.33 bits per heavy atom. The van der Waals surface area contributed by atoms with Crippen molar-refractivity contribution >= 4 is 0 Å². The van der Waals surface area contributed by atoms with Crippen molar-refractivity contribution in [3.8, 4) is 0 Å². The second-order valence-corrected chi connectivity index (χ2v) is 4.04. The molecular formula is C14H16O. The Labute approximate surface area is 91.1 Å². The van der Waals surface area contributed by atoms with Gasteiger partial charge in [0.2, 0.25) is 0 Å². The van der Waals surface area contributed by atoms with Gasteiger partial charge in [0.05, 0.1) is 13.2 Å². The van der Waals surface area contributed by atoms with E-state index in [0.717, 1.165) is 18.6 Å². The van der Waals surface area contributed by atoms with E-state index in [4.69, 9.17) is 4.74 Å². The normalized spacial score (nSPS) is 25.5. The number of rotatable bonds is 3. The van der Waals surface area contributed by atoms with Gasteiger partial charge >= 0.3 is 0 Å². The third kappa shape index (κ3) is 1.64. The molecule has 0 spiro atoms. The van der Waals surface area contributed by atoms with Gasteiger partial charge in [-0.1, -0.05) is 43.0 Å². The number of benzene rings is 1. The maximum atomic E-state index is 5.53. The van der Waals surface area contributed by atoms with Crippen molar-refractivity contribution in [3.63, 3.8) is 0 Å². The molecule has 1 aliphatic heterocycles. The first-order chi connectivity index (χ1) is 7.29. The van der Waals surface area contributed by atoms with E-state index in [1.54, 1.807) is 0 Å².